The SMILES string of the molecule is CCC(CSC)NCC1CCCN(C(=O)OC(C)(C)C)C1. The molecular formula is C16H32N2O2S. The Morgan fingerprint density at radius 1 is 1.48 bits per heavy atom. The van der Waals surface area contributed by atoms with Crippen LogP contribution in [0.5, 0.6) is 0 Å². The van der Waals surface area contributed by atoms with Crippen molar-refractivity contribution in [1.82, 2.24) is 10.2 Å². The summed E-state index contributed by atoms with van der Waals surface area (Å²) in [6.45, 7) is 10.6. The van der Waals surface area contributed by atoms with Crippen LogP contribution in [0.25, 0.3) is 0 Å². The molecule has 1 heterocycles. The monoisotopic (exact) mass is 316 g/mol. The highest BCUT2D eigenvalue weighted by Gasteiger charge is 2.27. The molecule has 0 radical (unpaired) electrons. The molecule has 1 saturated heterocycles. The fourth-order valence-electron chi connectivity index (χ4n) is 2.58. The number of amides is 1. The smallest absolute Gasteiger partial charge is 0.410 e. The number of ether oxygens (including phenoxy) is 1. The van der Waals surface area contributed by atoms with E-state index in [0.717, 1.165) is 38.2 Å². The van der Waals surface area contributed by atoms with E-state index in [1.54, 1.807) is 0 Å². The number of hydrogen-bond donors (Lipinski definition) is 1. The third-order valence-electron chi connectivity index (χ3n) is 3.73. The van der Waals surface area contributed by atoms with Crippen LogP contribution in [0.1, 0.15) is 47.0 Å². The van der Waals surface area contributed by atoms with Crippen molar-refractivity contribution in [1.29, 1.82) is 0 Å². The van der Waals surface area contributed by atoms with Crippen molar-refractivity contribution >= 4 is 17.9 Å². The van der Waals surface area contributed by atoms with Gasteiger partial charge in [0.25, 0.3) is 0 Å². The van der Waals surface area contributed by atoms with Gasteiger partial charge in [0, 0.05) is 24.9 Å². The number of nitrogens with one attached hydrogen (secondary N) is 1. The Balaban J connectivity index is 2.39. The van der Waals surface area contributed by atoms with Crippen LogP contribution in [0.15, 0.2) is 0 Å². The molecule has 4 nitrogen and oxygen atoms in total. The van der Waals surface area contributed by atoms with Gasteiger partial charge in [-0.15, -0.1) is 0 Å². The van der Waals surface area contributed by atoms with Crippen molar-refractivity contribution in [2.45, 2.75) is 58.6 Å². The molecule has 0 bridgehead atoms. The van der Waals surface area contributed by atoms with Crippen LogP contribution in [-0.4, -0.2) is 54.3 Å². The Morgan fingerprint density at radius 2 is 2.19 bits per heavy atom. The maximum atomic E-state index is 12.1. The lowest BCUT2D eigenvalue weighted by atomic mass is 9.98. The topological polar surface area (TPSA) is 41.6 Å². The number of thioether (sulfide) groups is 1. The zero-order chi connectivity index (χ0) is 15.9. The average molecular weight is 317 g/mol. The Morgan fingerprint density at radius 3 is 2.76 bits per heavy atom. The van der Waals surface area contributed by atoms with E-state index in [9.17, 15) is 4.79 Å². The van der Waals surface area contributed by atoms with E-state index in [1.807, 2.05) is 37.4 Å². The highest BCUT2D eigenvalue weighted by molar-refractivity contribution is 7.98. The minimum Gasteiger partial charge on any atom is -0.444 e. The summed E-state index contributed by atoms with van der Waals surface area (Å²) in [7, 11) is 0. The molecule has 1 rings (SSSR count). The predicted octanol–water partition coefficient (Wildman–Crippen LogP) is 3.36. The molecule has 0 aromatic heterocycles. The predicted molar refractivity (Wildman–Crippen MR) is 91.0 cm³/mol. The van der Waals surface area contributed by atoms with Gasteiger partial charge in [0.2, 0.25) is 0 Å². The van der Waals surface area contributed by atoms with Crippen LogP contribution in [-0.2, 0) is 4.74 Å². The van der Waals surface area contributed by atoms with E-state index in [2.05, 4.69) is 18.5 Å². The van der Waals surface area contributed by atoms with Gasteiger partial charge in [0.05, 0.1) is 0 Å². The van der Waals surface area contributed by atoms with E-state index in [-0.39, 0.29) is 6.09 Å². The third kappa shape index (κ3) is 7.41. The lowest BCUT2D eigenvalue weighted by Gasteiger charge is -2.34. The third-order valence-corrected chi connectivity index (χ3v) is 4.46. The molecule has 0 aliphatic carbocycles. The van der Waals surface area contributed by atoms with Gasteiger partial charge in [0.1, 0.15) is 5.60 Å². The molecule has 5 heteroatoms. The lowest BCUT2D eigenvalue weighted by Crippen LogP contribution is -2.46. The van der Waals surface area contributed by atoms with Gasteiger partial charge in [-0.05, 0) is 58.8 Å². The van der Waals surface area contributed by atoms with Crippen molar-refractivity contribution in [3.63, 3.8) is 0 Å². The molecule has 1 N–H and O–H groups in total. The fraction of sp³-hybridized carbons (Fsp3) is 0.938. The summed E-state index contributed by atoms with van der Waals surface area (Å²) in [4.78, 5) is 14.0. The van der Waals surface area contributed by atoms with Crippen molar-refractivity contribution in [3.8, 4) is 0 Å². The zero-order valence-electron chi connectivity index (χ0n) is 14.3. The van der Waals surface area contributed by atoms with Crippen LogP contribution in [0, 0.1) is 5.92 Å². The molecule has 0 saturated carbocycles. The van der Waals surface area contributed by atoms with E-state index in [4.69, 9.17) is 4.74 Å². The average Bonchev–Trinajstić information content (AvgIpc) is 2.42. The molecule has 1 fully saturated rings. The molecule has 1 aliphatic rings. The second-order valence-electron chi connectivity index (χ2n) is 6.90. The second kappa shape index (κ2) is 8.89. The van der Waals surface area contributed by atoms with Crippen LogP contribution < -0.4 is 5.32 Å². The molecule has 0 spiro atoms. The number of piperidine rings is 1. The quantitative estimate of drug-likeness (QED) is 0.816. The van der Waals surface area contributed by atoms with Gasteiger partial charge in [-0.2, -0.15) is 11.8 Å². The highest BCUT2D eigenvalue weighted by atomic mass is 32.2. The Bertz CT molecular complexity index is 318. The van der Waals surface area contributed by atoms with E-state index in [0.29, 0.717) is 12.0 Å². The van der Waals surface area contributed by atoms with Crippen LogP contribution >= 0.6 is 11.8 Å². The molecule has 1 aliphatic heterocycles. The van der Waals surface area contributed by atoms with E-state index < -0.39 is 5.60 Å². The highest BCUT2D eigenvalue weighted by Crippen LogP contribution is 2.19. The first-order chi connectivity index (χ1) is 9.85. The molecule has 1 amide bonds. The number of carbonyl (C=O) groups excluding carboxylic acids is 1. The number of likely N-dealkylation sites (tertiary alicyclic amines) is 1. The molecule has 21 heavy (non-hydrogen) atoms. The normalized spacial score (nSPS) is 21.2. The van der Waals surface area contributed by atoms with Gasteiger partial charge < -0.3 is 15.0 Å². The van der Waals surface area contributed by atoms with Gasteiger partial charge in [-0.1, -0.05) is 6.92 Å². The number of nitrogens with zero attached hydrogens (tertiary/aromatic N) is 1. The van der Waals surface area contributed by atoms with Crippen molar-refractivity contribution in [3.05, 3.63) is 0 Å². The van der Waals surface area contributed by atoms with Crippen LogP contribution in [0.3, 0.4) is 0 Å². The molecule has 0 aromatic rings. The molecule has 0 aromatic carbocycles. The van der Waals surface area contributed by atoms with Crippen LogP contribution in [0.4, 0.5) is 4.79 Å². The summed E-state index contributed by atoms with van der Waals surface area (Å²) in [5, 5.41) is 3.65. The Labute approximate surface area is 134 Å². The van der Waals surface area contributed by atoms with E-state index in [1.165, 1.54) is 6.42 Å². The summed E-state index contributed by atoms with van der Waals surface area (Å²) in [6, 6.07) is 0.580. The summed E-state index contributed by atoms with van der Waals surface area (Å²) < 4.78 is 5.47. The zero-order valence-corrected chi connectivity index (χ0v) is 15.1. The number of carbonyl (C=O) groups is 1. The van der Waals surface area contributed by atoms with E-state index >= 15 is 0 Å². The number of hydrogen-bond acceptors (Lipinski definition) is 4. The second-order valence-corrected chi connectivity index (χ2v) is 7.81. The van der Waals surface area contributed by atoms with Gasteiger partial charge >= 0.3 is 6.09 Å². The van der Waals surface area contributed by atoms with Crippen molar-refractivity contribution < 1.29 is 9.53 Å². The summed E-state index contributed by atoms with van der Waals surface area (Å²) in [6.07, 6.45) is 5.41. The lowest BCUT2D eigenvalue weighted by molar-refractivity contribution is 0.0165. The van der Waals surface area contributed by atoms with Crippen molar-refractivity contribution in [2.24, 2.45) is 5.92 Å². The summed E-state index contributed by atoms with van der Waals surface area (Å²) in [5.74, 6) is 1.70. The molecule has 2 atom stereocenters. The van der Waals surface area contributed by atoms with Crippen molar-refractivity contribution in [2.75, 3.05) is 31.6 Å². The standard InChI is InChI=1S/C16H32N2O2S/c1-6-14(12-21-5)17-10-13-8-7-9-18(11-13)15(19)20-16(2,3)4/h13-14,17H,6-12H2,1-5H3. The minimum atomic E-state index is -0.409. The maximum absolute atomic E-state index is 12.1. The summed E-state index contributed by atoms with van der Waals surface area (Å²) in [5.41, 5.74) is -0.409. The van der Waals surface area contributed by atoms with Gasteiger partial charge in [-0.3, -0.25) is 0 Å². The number of rotatable bonds is 6. The first kappa shape index (κ1) is 18.6. The van der Waals surface area contributed by atoms with Crippen LogP contribution in [0.2, 0.25) is 0 Å². The summed E-state index contributed by atoms with van der Waals surface area (Å²) >= 11 is 1.89. The fourth-order valence-corrected chi connectivity index (χ4v) is 3.34. The minimum absolute atomic E-state index is 0.164. The van der Waals surface area contributed by atoms with Gasteiger partial charge in [0.15, 0.2) is 0 Å². The largest absolute Gasteiger partial charge is 0.444 e. The Hall–Kier alpha value is -0.420. The first-order valence-corrected chi connectivity index (χ1v) is 9.45. The molecule has 2 unspecified atom stereocenters. The molecule has 124 valence electrons. The van der Waals surface area contributed by atoms with Gasteiger partial charge in [-0.25, -0.2) is 4.79 Å². The Kier molecular flexibility index (Phi) is 7.88. The maximum Gasteiger partial charge on any atom is 0.410 e. The molecular weight excluding hydrogens is 284 g/mol. The first-order valence-electron chi connectivity index (χ1n) is 8.06.